The van der Waals surface area contributed by atoms with Crippen LogP contribution in [0.5, 0.6) is 5.75 Å². The Labute approximate surface area is 160 Å². The number of nitro groups is 1. The van der Waals surface area contributed by atoms with Crippen LogP contribution < -0.4 is 10.5 Å². The van der Waals surface area contributed by atoms with Gasteiger partial charge in [-0.1, -0.05) is 12.1 Å². The van der Waals surface area contributed by atoms with Crippen molar-refractivity contribution in [2.45, 2.75) is 25.2 Å². The molecule has 2 aliphatic rings. The van der Waals surface area contributed by atoms with Crippen LogP contribution in [0.25, 0.3) is 0 Å². The molecular formula is C19H20N2O7. The molecule has 0 aliphatic heterocycles. The van der Waals surface area contributed by atoms with Gasteiger partial charge in [0.15, 0.2) is 5.78 Å². The number of ether oxygens (including phenoxy) is 3. The number of rotatable bonds is 6. The fourth-order valence-corrected chi connectivity index (χ4v) is 3.55. The first-order chi connectivity index (χ1) is 13.4. The second-order valence-electron chi connectivity index (χ2n) is 6.42. The van der Waals surface area contributed by atoms with Gasteiger partial charge in [0.2, 0.25) is 0 Å². The second kappa shape index (κ2) is 8.22. The number of Topliss-reactive ketones (excluding diaryl/α,β-unsaturated/α-hetero) is 1. The van der Waals surface area contributed by atoms with Crippen LogP contribution in [0.4, 0.5) is 4.79 Å². The van der Waals surface area contributed by atoms with E-state index in [9.17, 15) is 19.7 Å². The molecular weight excluding hydrogens is 368 g/mol. The highest BCUT2D eigenvalue weighted by molar-refractivity contribution is 6.01. The Morgan fingerprint density at radius 2 is 2.11 bits per heavy atom. The van der Waals surface area contributed by atoms with Gasteiger partial charge in [0, 0.05) is 19.1 Å². The monoisotopic (exact) mass is 388 g/mol. The van der Waals surface area contributed by atoms with Crippen LogP contribution in [0.2, 0.25) is 0 Å². The van der Waals surface area contributed by atoms with E-state index in [-0.39, 0.29) is 36.1 Å². The molecule has 2 aliphatic carbocycles. The number of allylic oxidation sites excluding steroid dienone is 2. The molecule has 0 heterocycles. The molecule has 1 atom stereocenters. The Balaban J connectivity index is 1.91. The maximum atomic E-state index is 12.5. The van der Waals surface area contributed by atoms with Crippen LogP contribution in [-0.4, -0.2) is 37.2 Å². The smallest absolute Gasteiger partial charge is 0.432 e. The summed E-state index contributed by atoms with van der Waals surface area (Å²) in [4.78, 5) is 35.4. The number of hydrogen-bond acceptors (Lipinski definition) is 8. The number of methoxy groups -OCH3 is 1. The predicted octanol–water partition coefficient (Wildman–Crippen LogP) is 2.44. The van der Waals surface area contributed by atoms with Crippen LogP contribution >= 0.6 is 0 Å². The molecule has 1 aromatic rings. The van der Waals surface area contributed by atoms with E-state index in [1.165, 1.54) is 19.2 Å². The summed E-state index contributed by atoms with van der Waals surface area (Å²) in [5.74, 6) is -0.874. The molecule has 0 radical (unpaired) electrons. The van der Waals surface area contributed by atoms with Crippen molar-refractivity contribution in [2.75, 3.05) is 20.3 Å². The van der Waals surface area contributed by atoms with Crippen molar-refractivity contribution in [3.8, 4) is 5.75 Å². The van der Waals surface area contributed by atoms with Crippen LogP contribution in [0.3, 0.4) is 0 Å². The van der Waals surface area contributed by atoms with E-state index in [4.69, 9.17) is 19.9 Å². The van der Waals surface area contributed by atoms with Gasteiger partial charge in [0.1, 0.15) is 24.0 Å². The van der Waals surface area contributed by atoms with Gasteiger partial charge in [0.05, 0.1) is 11.5 Å². The molecule has 28 heavy (non-hydrogen) atoms. The lowest BCUT2D eigenvalue weighted by Crippen LogP contribution is -2.18. The molecule has 9 heteroatoms. The average Bonchev–Trinajstić information content (AvgIpc) is 2.96. The minimum atomic E-state index is -0.918. The van der Waals surface area contributed by atoms with Crippen LogP contribution in [0.15, 0.2) is 46.8 Å². The normalized spacial score (nSPS) is 18.9. The van der Waals surface area contributed by atoms with Gasteiger partial charge < -0.3 is 19.9 Å². The summed E-state index contributed by atoms with van der Waals surface area (Å²) in [5.41, 5.74) is 7.25. The highest BCUT2D eigenvalue weighted by Crippen LogP contribution is 2.47. The number of carbonyl (C=O) groups excluding carboxylic acids is 2. The van der Waals surface area contributed by atoms with Crippen molar-refractivity contribution in [2.24, 2.45) is 5.73 Å². The summed E-state index contributed by atoms with van der Waals surface area (Å²) in [7, 11) is 1.47. The molecule has 0 saturated carbocycles. The lowest BCUT2D eigenvalue weighted by atomic mass is 9.83. The number of ketones is 1. The summed E-state index contributed by atoms with van der Waals surface area (Å²) >= 11 is 0. The number of hydrogen-bond donors (Lipinski definition) is 1. The maximum absolute atomic E-state index is 12.5. The van der Waals surface area contributed by atoms with E-state index >= 15 is 0 Å². The van der Waals surface area contributed by atoms with Crippen LogP contribution in [0, 0.1) is 10.1 Å². The van der Waals surface area contributed by atoms with Crippen molar-refractivity contribution >= 4 is 11.9 Å². The first kappa shape index (κ1) is 19.6. The topological polar surface area (TPSA) is 131 Å². The van der Waals surface area contributed by atoms with Gasteiger partial charge in [-0.3, -0.25) is 14.9 Å². The molecule has 148 valence electrons. The maximum Gasteiger partial charge on any atom is 0.513 e. The van der Waals surface area contributed by atoms with Gasteiger partial charge in [-0.25, -0.2) is 4.79 Å². The fraction of sp³-hybridized carbons (Fsp3) is 0.368. The van der Waals surface area contributed by atoms with E-state index in [1.54, 1.807) is 12.1 Å². The molecule has 0 unspecified atom stereocenters. The molecule has 2 N–H and O–H groups in total. The van der Waals surface area contributed by atoms with Gasteiger partial charge in [-0.15, -0.1) is 0 Å². The van der Waals surface area contributed by atoms with E-state index in [0.717, 1.165) is 0 Å². The predicted molar refractivity (Wildman–Crippen MR) is 97.1 cm³/mol. The summed E-state index contributed by atoms with van der Waals surface area (Å²) in [6.45, 7) is 0.264. The first-order valence-corrected chi connectivity index (χ1v) is 8.78. The summed E-state index contributed by atoms with van der Waals surface area (Å²) in [5, 5.41) is 11.7. The molecule has 9 nitrogen and oxygen atoms in total. The van der Waals surface area contributed by atoms with E-state index < -0.39 is 17.0 Å². The van der Waals surface area contributed by atoms with E-state index in [1.807, 2.05) is 0 Å². The zero-order valence-corrected chi connectivity index (χ0v) is 15.3. The molecule has 0 aromatic heterocycles. The van der Waals surface area contributed by atoms with Crippen molar-refractivity contribution in [3.63, 3.8) is 0 Å². The minimum Gasteiger partial charge on any atom is -0.432 e. The van der Waals surface area contributed by atoms with Gasteiger partial charge in [0.25, 0.3) is 5.70 Å². The third kappa shape index (κ3) is 3.74. The van der Waals surface area contributed by atoms with Crippen LogP contribution in [-0.2, 0) is 14.3 Å². The number of nitrogens with zero attached hydrogens (tertiary/aromatic N) is 1. The molecule has 0 bridgehead atoms. The zero-order valence-electron chi connectivity index (χ0n) is 15.3. The third-order valence-corrected chi connectivity index (χ3v) is 4.72. The van der Waals surface area contributed by atoms with Crippen molar-refractivity contribution in [1.82, 2.24) is 0 Å². The summed E-state index contributed by atoms with van der Waals surface area (Å²) in [6.07, 6.45) is 0.559. The minimum absolute atomic E-state index is 0.0349. The average molecular weight is 388 g/mol. The lowest BCUT2D eigenvalue weighted by Gasteiger charge is -2.18. The fourth-order valence-electron chi connectivity index (χ4n) is 3.55. The Hall–Kier alpha value is -3.20. The van der Waals surface area contributed by atoms with Crippen molar-refractivity contribution in [3.05, 3.63) is 62.5 Å². The zero-order chi connectivity index (χ0) is 20.3. The Kier molecular flexibility index (Phi) is 5.74. The standard InChI is InChI=1S/C19H20N2O7/c1-26-8-9-27-19(23)28-12-5-2-4-11(10-12)15-16-13(6-3-7-14(16)22)17(20)18(15)21(24)25/h2,4-5,10,15H,3,6-9,20H2,1H3/t15-/m1/s1. The van der Waals surface area contributed by atoms with Crippen LogP contribution in [0.1, 0.15) is 30.7 Å². The van der Waals surface area contributed by atoms with Gasteiger partial charge in [-0.05, 0) is 36.1 Å². The summed E-state index contributed by atoms with van der Waals surface area (Å²) in [6, 6.07) is 6.23. The van der Waals surface area contributed by atoms with Crippen molar-refractivity contribution in [1.29, 1.82) is 0 Å². The van der Waals surface area contributed by atoms with Crippen molar-refractivity contribution < 1.29 is 28.7 Å². The SMILES string of the molecule is COCCOC(=O)Oc1cccc([C@@H]2C3=C(CCCC3=O)C(N)=C2[N+](=O)[O-])c1. The quantitative estimate of drug-likeness (QED) is 0.258. The van der Waals surface area contributed by atoms with E-state index in [2.05, 4.69) is 0 Å². The molecule has 3 rings (SSSR count). The Morgan fingerprint density at radius 3 is 2.82 bits per heavy atom. The molecule has 0 spiro atoms. The highest BCUT2D eigenvalue weighted by atomic mass is 16.7. The Morgan fingerprint density at radius 1 is 1.32 bits per heavy atom. The van der Waals surface area contributed by atoms with Gasteiger partial charge >= 0.3 is 6.16 Å². The van der Waals surface area contributed by atoms with Gasteiger partial charge in [-0.2, -0.15) is 0 Å². The lowest BCUT2D eigenvalue weighted by molar-refractivity contribution is -0.429. The first-order valence-electron chi connectivity index (χ1n) is 8.78. The number of carbonyl (C=O) groups is 2. The second-order valence-corrected chi connectivity index (χ2v) is 6.42. The molecule has 0 amide bonds. The third-order valence-electron chi connectivity index (χ3n) is 4.72. The molecule has 0 saturated heterocycles. The molecule has 1 aromatic carbocycles. The Bertz CT molecular complexity index is 888. The number of nitrogens with two attached hydrogens (primary N) is 1. The number of benzene rings is 1. The largest absolute Gasteiger partial charge is 0.513 e. The van der Waals surface area contributed by atoms with E-state index in [0.29, 0.717) is 36.0 Å². The summed E-state index contributed by atoms with van der Waals surface area (Å²) < 4.78 is 14.7. The molecule has 0 fully saturated rings. The highest BCUT2D eigenvalue weighted by Gasteiger charge is 2.45.